The van der Waals surface area contributed by atoms with Crippen molar-refractivity contribution in [2.45, 2.75) is 5.92 Å². The highest BCUT2D eigenvalue weighted by Crippen LogP contribution is 2.24. The van der Waals surface area contributed by atoms with Crippen LogP contribution in [-0.4, -0.2) is 11.8 Å². The molecule has 26 heavy (non-hydrogen) atoms. The van der Waals surface area contributed by atoms with Crippen molar-refractivity contribution >= 4 is 27.7 Å². The first kappa shape index (κ1) is 17.9. The number of hydrogen-bond donors (Lipinski definition) is 2. The molecule has 0 aromatic heterocycles. The fourth-order valence-corrected chi connectivity index (χ4v) is 3.15. The van der Waals surface area contributed by atoms with Crippen LogP contribution in [0.25, 0.3) is 0 Å². The summed E-state index contributed by atoms with van der Waals surface area (Å²) in [5.41, 5.74) is 7.19. The Hall–Kier alpha value is -2.92. The standard InChI is InChI=1S/C21H17BrN2O2/c22-18-14-8-7-13-17(18)20(25)23-24-21(26)19(15-9-3-1-4-10-15)16-11-5-2-6-12-16/h1-14,19H,(H,23,25)(H,24,26). The summed E-state index contributed by atoms with van der Waals surface area (Å²) in [6.45, 7) is 0. The van der Waals surface area contributed by atoms with E-state index in [0.29, 0.717) is 10.0 Å². The second-order valence-corrected chi connectivity index (χ2v) is 6.53. The van der Waals surface area contributed by atoms with E-state index >= 15 is 0 Å². The highest BCUT2D eigenvalue weighted by molar-refractivity contribution is 9.10. The molecule has 0 spiro atoms. The molecular weight excluding hydrogens is 392 g/mol. The van der Waals surface area contributed by atoms with Gasteiger partial charge >= 0.3 is 0 Å². The number of halogens is 1. The Morgan fingerprint density at radius 2 is 1.19 bits per heavy atom. The van der Waals surface area contributed by atoms with Gasteiger partial charge in [0.15, 0.2) is 0 Å². The zero-order valence-corrected chi connectivity index (χ0v) is 15.4. The summed E-state index contributed by atoms with van der Waals surface area (Å²) in [5, 5.41) is 0. The molecule has 5 heteroatoms. The van der Waals surface area contributed by atoms with Crippen LogP contribution in [0.1, 0.15) is 27.4 Å². The van der Waals surface area contributed by atoms with Crippen molar-refractivity contribution in [3.05, 3.63) is 106 Å². The number of carbonyl (C=O) groups excluding carboxylic acids is 2. The lowest BCUT2D eigenvalue weighted by Gasteiger charge is -2.18. The van der Waals surface area contributed by atoms with Gasteiger partial charge < -0.3 is 0 Å². The van der Waals surface area contributed by atoms with Crippen molar-refractivity contribution < 1.29 is 9.59 Å². The Bertz CT molecular complexity index is 859. The van der Waals surface area contributed by atoms with Crippen molar-refractivity contribution in [1.82, 2.24) is 10.9 Å². The first-order valence-electron chi connectivity index (χ1n) is 8.11. The van der Waals surface area contributed by atoms with Gasteiger partial charge in [0.25, 0.3) is 5.91 Å². The van der Waals surface area contributed by atoms with E-state index in [1.54, 1.807) is 18.2 Å². The van der Waals surface area contributed by atoms with Gasteiger partial charge in [-0.1, -0.05) is 72.8 Å². The molecule has 0 fully saturated rings. The van der Waals surface area contributed by atoms with Crippen molar-refractivity contribution in [2.24, 2.45) is 0 Å². The van der Waals surface area contributed by atoms with E-state index in [0.717, 1.165) is 11.1 Å². The summed E-state index contributed by atoms with van der Waals surface area (Å²) in [6, 6.07) is 26.0. The minimum Gasteiger partial charge on any atom is -0.272 e. The smallest absolute Gasteiger partial charge is 0.270 e. The molecule has 0 atom stereocenters. The monoisotopic (exact) mass is 408 g/mol. The van der Waals surface area contributed by atoms with Crippen LogP contribution in [0.3, 0.4) is 0 Å². The molecule has 0 aliphatic rings. The van der Waals surface area contributed by atoms with Crippen LogP contribution in [0.2, 0.25) is 0 Å². The summed E-state index contributed by atoms with van der Waals surface area (Å²) < 4.78 is 0.661. The molecule has 3 rings (SSSR count). The van der Waals surface area contributed by atoms with Crippen LogP contribution in [0.15, 0.2) is 89.4 Å². The van der Waals surface area contributed by atoms with Gasteiger partial charge in [0, 0.05) is 4.47 Å². The zero-order chi connectivity index (χ0) is 18.4. The van der Waals surface area contributed by atoms with Crippen LogP contribution in [0.4, 0.5) is 0 Å². The Morgan fingerprint density at radius 1 is 0.692 bits per heavy atom. The van der Waals surface area contributed by atoms with E-state index in [2.05, 4.69) is 26.8 Å². The number of nitrogens with one attached hydrogen (secondary N) is 2. The lowest BCUT2D eigenvalue weighted by Crippen LogP contribution is -2.44. The molecule has 0 heterocycles. The zero-order valence-electron chi connectivity index (χ0n) is 13.9. The molecule has 0 saturated heterocycles. The van der Waals surface area contributed by atoms with Gasteiger partial charge in [0.2, 0.25) is 5.91 Å². The number of hydrazine groups is 1. The highest BCUT2D eigenvalue weighted by atomic mass is 79.9. The molecular formula is C21H17BrN2O2. The van der Waals surface area contributed by atoms with Gasteiger partial charge in [-0.3, -0.25) is 20.4 Å². The molecule has 0 unspecified atom stereocenters. The molecule has 0 bridgehead atoms. The highest BCUT2D eigenvalue weighted by Gasteiger charge is 2.23. The van der Waals surface area contributed by atoms with E-state index in [-0.39, 0.29) is 11.8 Å². The average molecular weight is 409 g/mol. The summed E-state index contributed by atoms with van der Waals surface area (Å²) in [4.78, 5) is 25.1. The summed E-state index contributed by atoms with van der Waals surface area (Å²) in [5.74, 6) is -1.20. The van der Waals surface area contributed by atoms with Gasteiger partial charge in [0.1, 0.15) is 0 Å². The van der Waals surface area contributed by atoms with Crippen LogP contribution >= 0.6 is 15.9 Å². The topological polar surface area (TPSA) is 58.2 Å². The molecule has 3 aromatic rings. The number of carbonyl (C=O) groups is 2. The first-order chi connectivity index (χ1) is 12.7. The maximum Gasteiger partial charge on any atom is 0.270 e. The fraction of sp³-hybridized carbons (Fsp3) is 0.0476. The summed E-state index contributed by atoms with van der Waals surface area (Å²) >= 11 is 3.33. The third-order valence-electron chi connectivity index (χ3n) is 3.95. The summed E-state index contributed by atoms with van der Waals surface area (Å²) in [7, 11) is 0. The normalized spacial score (nSPS) is 10.4. The third-order valence-corrected chi connectivity index (χ3v) is 4.64. The van der Waals surface area contributed by atoms with Crippen LogP contribution in [0, 0.1) is 0 Å². The number of hydrogen-bond acceptors (Lipinski definition) is 2. The van der Waals surface area contributed by atoms with Crippen LogP contribution in [0.5, 0.6) is 0 Å². The second-order valence-electron chi connectivity index (χ2n) is 5.68. The molecule has 0 radical (unpaired) electrons. The Labute approximate surface area is 160 Å². The minimum atomic E-state index is -0.517. The van der Waals surface area contributed by atoms with Gasteiger partial charge in [0.05, 0.1) is 11.5 Å². The molecule has 2 N–H and O–H groups in total. The summed E-state index contributed by atoms with van der Waals surface area (Å²) in [6.07, 6.45) is 0. The Kier molecular flexibility index (Phi) is 5.81. The minimum absolute atomic E-state index is 0.303. The lowest BCUT2D eigenvalue weighted by atomic mass is 9.91. The van der Waals surface area contributed by atoms with E-state index in [4.69, 9.17) is 0 Å². The van der Waals surface area contributed by atoms with Gasteiger partial charge in [-0.25, -0.2) is 0 Å². The van der Waals surface area contributed by atoms with E-state index in [9.17, 15) is 9.59 Å². The van der Waals surface area contributed by atoms with Gasteiger partial charge in [-0.2, -0.15) is 0 Å². The predicted octanol–water partition coefficient (Wildman–Crippen LogP) is 4.04. The number of benzene rings is 3. The SMILES string of the molecule is O=C(NNC(=O)C(c1ccccc1)c1ccccc1)c1ccccc1Br. The molecule has 0 aliphatic heterocycles. The van der Waals surface area contributed by atoms with Gasteiger partial charge in [-0.05, 0) is 39.2 Å². The van der Waals surface area contributed by atoms with Gasteiger partial charge in [-0.15, -0.1) is 0 Å². The number of amides is 2. The molecule has 130 valence electrons. The first-order valence-corrected chi connectivity index (χ1v) is 8.90. The van der Waals surface area contributed by atoms with Crippen molar-refractivity contribution in [3.8, 4) is 0 Å². The van der Waals surface area contributed by atoms with Crippen molar-refractivity contribution in [2.75, 3.05) is 0 Å². The van der Waals surface area contributed by atoms with E-state index < -0.39 is 5.92 Å². The van der Waals surface area contributed by atoms with Crippen molar-refractivity contribution in [3.63, 3.8) is 0 Å². The molecule has 2 amide bonds. The van der Waals surface area contributed by atoms with E-state index in [1.807, 2.05) is 66.7 Å². The molecule has 0 aliphatic carbocycles. The fourth-order valence-electron chi connectivity index (χ4n) is 2.69. The number of rotatable bonds is 4. The lowest BCUT2D eigenvalue weighted by molar-refractivity contribution is -0.122. The van der Waals surface area contributed by atoms with E-state index in [1.165, 1.54) is 0 Å². The Balaban J connectivity index is 1.78. The quantitative estimate of drug-likeness (QED) is 0.639. The van der Waals surface area contributed by atoms with Crippen LogP contribution in [-0.2, 0) is 4.79 Å². The average Bonchev–Trinajstić information content (AvgIpc) is 2.68. The largest absolute Gasteiger partial charge is 0.272 e. The predicted molar refractivity (Wildman–Crippen MR) is 104 cm³/mol. The second kappa shape index (κ2) is 8.45. The van der Waals surface area contributed by atoms with Crippen LogP contribution < -0.4 is 10.9 Å². The maximum atomic E-state index is 12.8. The van der Waals surface area contributed by atoms with Crippen molar-refractivity contribution in [1.29, 1.82) is 0 Å². The molecule has 4 nitrogen and oxygen atoms in total. The molecule has 3 aromatic carbocycles. The molecule has 0 saturated carbocycles. The maximum absolute atomic E-state index is 12.8. The third kappa shape index (κ3) is 4.18. The Morgan fingerprint density at radius 3 is 1.73 bits per heavy atom.